The van der Waals surface area contributed by atoms with E-state index in [-0.39, 0.29) is 5.41 Å². The van der Waals surface area contributed by atoms with E-state index in [9.17, 15) is 5.11 Å². The fourth-order valence-electron chi connectivity index (χ4n) is 2.46. The van der Waals surface area contributed by atoms with Gasteiger partial charge in [-0.2, -0.15) is 0 Å². The second-order valence-electron chi connectivity index (χ2n) is 4.93. The summed E-state index contributed by atoms with van der Waals surface area (Å²) in [7, 11) is 1.67. The van der Waals surface area contributed by atoms with Crippen LogP contribution in [0.1, 0.15) is 31.4 Å². The van der Waals surface area contributed by atoms with Crippen LogP contribution in [0.2, 0.25) is 0 Å². The fraction of sp³-hybridized carbons (Fsp3) is 0.294. The Morgan fingerprint density at radius 1 is 1.11 bits per heavy atom. The van der Waals surface area contributed by atoms with Gasteiger partial charge in [-0.15, -0.1) is 0 Å². The molecule has 0 saturated carbocycles. The van der Waals surface area contributed by atoms with Gasteiger partial charge in [0.1, 0.15) is 11.5 Å². The van der Waals surface area contributed by atoms with Crippen LogP contribution in [0.15, 0.2) is 48.5 Å². The number of hydrogen-bond acceptors (Lipinski definition) is 2. The van der Waals surface area contributed by atoms with E-state index in [1.54, 1.807) is 13.2 Å². The largest absolute Gasteiger partial charge is 0.508 e. The Morgan fingerprint density at radius 2 is 1.84 bits per heavy atom. The molecule has 100 valence electrons. The first-order chi connectivity index (χ1) is 9.11. The van der Waals surface area contributed by atoms with Gasteiger partial charge in [-0.25, -0.2) is 0 Å². The molecule has 0 aromatic heterocycles. The van der Waals surface area contributed by atoms with Crippen molar-refractivity contribution < 1.29 is 9.84 Å². The van der Waals surface area contributed by atoms with E-state index in [0.29, 0.717) is 5.75 Å². The van der Waals surface area contributed by atoms with Crippen LogP contribution < -0.4 is 4.74 Å². The van der Waals surface area contributed by atoms with Crippen molar-refractivity contribution in [3.63, 3.8) is 0 Å². The average Bonchev–Trinajstić information content (AvgIpc) is 2.47. The molecule has 0 saturated heterocycles. The summed E-state index contributed by atoms with van der Waals surface area (Å²) in [6.45, 7) is 4.28. The van der Waals surface area contributed by atoms with Gasteiger partial charge < -0.3 is 9.84 Å². The molecule has 1 atom stereocenters. The molecule has 0 bridgehead atoms. The third-order valence-electron chi connectivity index (χ3n) is 3.91. The number of aromatic hydroxyl groups is 1. The first-order valence-corrected chi connectivity index (χ1v) is 6.55. The average molecular weight is 256 g/mol. The second kappa shape index (κ2) is 5.35. The predicted molar refractivity (Wildman–Crippen MR) is 77.8 cm³/mol. The Balaban J connectivity index is 2.56. The fourth-order valence-corrected chi connectivity index (χ4v) is 2.46. The molecule has 1 N–H and O–H groups in total. The summed E-state index contributed by atoms with van der Waals surface area (Å²) in [6, 6.07) is 15.6. The Labute approximate surface area is 114 Å². The molecule has 1 unspecified atom stereocenters. The summed E-state index contributed by atoms with van der Waals surface area (Å²) in [6.07, 6.45) is 0.901. The van der Waals surface area contributed by atoms with Gasteiger partial charge in [-0.3, -0.25) is 0 Å². The Hall–Kier alpha value is -1.96. The van der Waals surface area contributed by atoms with Crippen LogP contribution in [0.3, 0.4) is 0 Å². The third kappa shape index (κ3) is 2.43. The topological polar surface area (TPSA) is 29.5 Å². The Bertz CT molecular complexity index is 563. The van der Waals surface area contributed by atoms with E-state index in [4.69, 9.17) is 4.74 Å². The maximum atomic E-state index is 10.1. The summed E-state index contributed by atoms with van der Waals surface area (Å²) in [5.74, 6) is 1.18. The van der Waals surface area contributed by atoms with Crippen LogP contribution in [0.4, 0.5) is 0 Å². The van der Waals surface area contributed by atoms with Crippen molar-refractivity contribution in [2.24, 2.45) is 0 Å². The number of methoxy groups -OCH3 is 1. The standard InChI is InChI=1S/C17H20O2/c1-4-17(2,15-10-5-6-11-16(15)18)13-8-7-9-14(12-13)19-3/h5-12,18H,4H2,1-3H3. The lowest BCUT2D eigenvalue weighted by atomic mass is 9.74. The van der Waals surface area contributed by atoms with Crippen molar-refractivity contribution in [1.82, 2.24) is 0 Å². The molecule has 2 rings (SSSR count). The van der Waals surface area contributed by atoms with Gasteiger partial charge in [0.05, 0.1) is 7.11 Å². The SMILES string of the molecule is CCC(C)(c1cccc(OC)c1)c1ccccc1O. The van der Waals surface area contributed by atoms with Crippen LogP contribution in [0.25, 0.3) is 0 Å². The highest BCUT2D eigenvalue weighted by Gasteiger charge is 2.29. The summed E-state index contributed by atoms with van der Waals surface area (Å²) in [4.78, 5) is 0. The molecule has 2 heteroatoms. The molecular weight excluding hydrogens is 236 g/mol. The number of para-hydroxylation sites is 1. The van der Waals surface area contributed by atoms with E-state index < -0.39 is 0 Å². The molecule has 0 spiro atoms. The smallest absolute Gasteiger partial charge is 0.119 e. The highest BCUT2D eigenvalue weighted by atomic mass is 16.5. The van der Waals surface area contributed by atoms with Crippen molar-refractivity contribution in [1.29, 1.82) is 0 Å². The quantitative estimate of drug-likeness (QED) is 0.891. The highest BCUT2D eigenvalue weighted by molar-refractivity contribution is 5.47. The number of rotatable bonds is 4. The van der Waals surface area contributed by atoms with Crippen LogP contribution in [0, 0.1) is 0 Å². The number of ether oxygens (including phenoxy) is 1. The third-order valence-corrected chi connectivity index (χ3v) is 3.91. The predicted octanol–water partition coefficient (Wildman–Crippen LogP) is 4.12. The summed E-state index contributed by atoms with van der Waals surface area (Å²) in [5, 5.41) is 10.1. The van der Waals surface area contributed by atoms with Crippen LogP contribution in [-0.2, 0) is 5.41 Å². The van der Waals surface area contributed by atoms with Gasteiger partial charge in [0.15, 0.2) is 0 Å². The highest BCUT2D eigenvalue weighted by Crippen LogP contribution is 2.40. The van der Waals surface area contributed by atoms with E-state index in [1.807, 2.05) is 36.4 Å². The van der Waals surface area contributed by atoms with E-state index in [2.05, 4.69) is 19.9 Å². The van der Waals surface area contributed by atoms with Crippen molar-refractivity contribution in [2.45, 2.75) is 25.7 Å². The van der Waals surface area contributed by atoms with Gasteiger partial charge in [0, 0.05) is 11.0 Å². The Morgan fingerprint density at radius 3 is 2.47 bits per heavy atom. The molecule has 0 fully saturated rings. The second-order valence-corrected chi connectivity index (χ2v) is 4.93. The summed E-state index contributed by atoms with van der Waals surface area (Å²) in [5.41, 5.74) is 1.88. The maximum absolute atomic E-state index is 10.1. The lowest BCUT2D eigenvalue weighted by molar-refractivity contribution is 0.410. The molecule has 2 aromatic carbocycles. The maximum Gasteiger partial charge on any atom is 0.119 e. The number of benzene rings is 2. The van der Waals surface area contributed by atoms with E-state index in [1.165, 1.54) is 0 Å². The van der Waals surface area contributed by atoms with Gasteiger partial charge >= 0.3 is 0 Å². The van der Waals surface area contributed by atoms with Crippen molar-refractivity contribution >= 4 is 0 Å². The molecule has 2 aromatic rings. The summed E-state index contributed by atoms with van der Waals surface area (Å²) < 4.78 is 5.30. The molecule has 0 amide bonds. The van der Waals surface area contributed by atoms with Gasteiger partial charge in [0.25, 0.3) is 0 Å². The summed E-state index contributed by atoms with van der Waals surface area (Å²) >= 11 is 0. The van der Waals surface area contributed by atoms with E-state index in [0.717, 1.165) is 23.3 Å². The number of phenolic OH excluding ortho intramolecular Hbond substituents is 1. The van der Waals surface area contributed by atoms with Crippen LogP contribution in [-0.4, -0.2) is 12.2 Å². The zero-order chi connectivity index (χ0) is 13.9. The number of phenols is 1. The minimum atomic E-state index is -0.222. The first kappa shape index (κ1) is 13.5. The minimum Gasteiger partial charge on any atom is -0.508 e. The Kier molecular flexibility index (Phi) is 3.79. The first-order valence-electron chi connectivity index (χ1n) is 6.55. The monoisotopic (exact) mass is 256 g/mol. The number of hydrogen-bond donors (Lipinski definition) is 1. The zero-order valence-corrected chi connectivity index (χ0v) is 11.7. The molecule has 0 aliphatic rings. The molecular formula is C17H20O2. The minimum absolute atomic E-state index is 0.222. The van der Waals surface area contributed by atoms with Crippen LogP contribution >= 0.6 is 0 Å². The molecule has 0 radical (unpaired) electrons. The van der Waals surface area contributed by atoms with Crippen LogP contribution in [0.5, 0.6) is 11.5 Å². The lowest BCUT2D eigenvalue weighted by Gasteiger charge is -2.30. The van der Waals surface area contributed by atoms with Crippen molar-refractivity contribution in [2.75, 3.05) is 7.11 Å². The van der Waals surface area contributed by atoms with Crippen molar-refractivity contribution in [3.05, 3.63) is 59.7 Å². The molecule has 19 heavy (non-hydrogen) atoms. The van der Waals surface area contributed by atoms with Gasteiger partial charge in [0.2, 0.25) is 0 Å². The lowest BCUT2D eigenvalue weighted by Crippen LogP contribution is -2.22. The van der Waals surface area contributed by atoms with Gasteiger partial charge in [-0.05, 0) is 30.2 Å². The normalized spacial score (nSPS) is 13.8. The molecule has 0 heterocycles. The molecule has 0 aliphatic carbocycles. The van der Waals surface area contributed by atoms with Crippen molar-refractivity contribution in [3.8, 4) is 11.5 Å². The molecule has 2 nitrogen and oxygen atoms in total. The molecule has 0 aliphatic heterocycles. The van der Waals surface area contributed by atoms with Gasteiger partial charge in [-0.1, -0.05) is 44.2 Å². The van der Waals surface area contributed by atoms with E-state index >= 15 is 0 Å². The zero-order valence-electron chi connectivity index (χ0n) is 11.7.